The van der Waals surface area contributed by atoms with Gasteiger partial charge in [-0.05, 0) is 31.2 Å². The number of aromatic nitrogens is 1. The van der Waals surface area contributed by atoms with E-state index in [1.807, 2.05) is 36.6 Å². The van der Waals surface area contributed by atoms with Gasteiger partial charge < -0.3 is 14.8 Å². The highest BCUT2D eigenvalue weighted by Crippen LogP contribution is 2.33. The number of aryl methyl sites for hydroxylation is 1. The number of thiazole rings is 1. The fourth-order valence-corrected chi connectivity index (χ4v) is 3.62. The zero-order chi connectivity index (χ0) is 17.1. The molecule has 3 rings (SSSR count). The first-order chi connectivity index (χ1) is 11.6. The predicted molar refractivity (Wildman–Crippen MR) is 97.7 cm³/mol. The molecule has 2 aromatic heterocycles. The van der Waals surface area contributed by atoms with Gasteiger partial charge >= 0.3 is 0 Å². The van der Waals surface area contributed by atoms with Gasteiger partial charge in [0.25, 0.3) is 5.91 Å². The average molecular weight is 360 g/mol. The summed E-state index contributed by atoms with van der Waals surface area (Å²) in [6.45, 7) is 2.00. The normalized spacial score (nSPS) is 10.5. The number of anilines is 1. The molecule has 0 saturated heterocycles. The van der Waals surface area contributed by atoms with Crippen molar-refractivity contribution in [3.05, 3.63) is 45.6 Å². The molecule has 0 bridgehead atoms. The fraction of sp³-hybridized carbons (Fsp3) is 0.176. The molecule has 1 aromatic carbocycles. The lowest BCUT2D eigenvalue weighted by molar-refractivity contribution is 0.102. The summed E-state index contributed by atoms with van der Waals surface area (Å²) in [4.78, 5) is 17.9. The number of methoxy groups -OCH3 is 2. The Labute approximate surface area is 147 Å². The molecule has 0 fully saturated rings. The first kappa shape index (κ1) is 16.5. The predicted octanol–water partition coefficient (Wildman–Crippen LogP) is 4.45. The van der Waals surface area contributed by atoms with Gasteiger partial charge in [-0.3, -0.25) is 4.79 Å². The maximum atomic E-state index is 12.3. The molecule has 0 aliphatic carbocycles. The number of amides is 1. The molecule has 24 heavy (non-hydrogen) atoms. The Bertz CT molecular complexity index is 870. The lowest BCUT2D eigenvalue weighted by atomic mass is 10.2. The summed E-state index contributed by atoms with van der Waals surface area (Å²) in [5.74, 6) is 1.07. The molecule has 0 atom stereocenters. The molecule has 0 aliphatic rings. The first-order valence-electron chi connectivity index (χ1n) is 7.15. The van der Waals surface area contributed by atoms with Crippen molar-refractivity contribution in [1.29, 1.82) is 0 Å². The van der Waals surface area contributed by atoms with Crippen LogP contribution in [-0.2, 0) is 0 Å². The number of hydrogen-bond acceptors (Lipinski definition) is 6. The molecule has 0 unspecified atom stereocenters. The van der Waals surface area contributed by atoms with Crippen molar-refractivity contribution in [3.63, 3.8) is 0 Å². The minimum absolute atomic E-state index is 0.212. The number of carbonyl (C=O) groups is 1. The Balaban J connectivity index is 1.81. The molecular weight excluding hydrogens is 344 g/mol. The molecule has 0 aliphatic heterocycles. The van der Waals surface area contributed by atoms with Gasteiger partial charge in [0.15, 0.2) is 11.5 Å². The van der Waals surface area contributed by atoms with Gasteiger partial charge in [-0.1, -0.05) is 0 Å². The minimum Gasteiger partial charge on any atom is -0.493 e. The largest absolute Gasteiger partial charge is 0.493 e. The highest BCUT2D eigenvalue weighted by molar-refractivity contribution is 7.13. The fourth-order valence-electron chi connectivity index (χ4n) is 2.18. The van der Waals surface area contributed by atoms with Crippen LogP contribution < -0.4 is 14.8 Å². The van der Waals surface area contributed by atoms with Crippen molar-refractivity contribution in [2.24, 2.45) is 0 Å². The molecule has 2 heterocycles. The number of nitrogens with one attached hydrogen (secondary N) is 1. The van der Waals surface area contributed by atoms with E-state index < -0.39 is 0 Å². The van der Waals surface area contributed by atoms with Crippen LogP contribution in [0.2, 0.25) is 0 Å². The van der Waals surface area contributed by atoms with Gasteiger partial charge in [0.2, 0.25) is 0 Å². The van der Waals surface area contributed by atoms with E-state index in [0.29, 0.717) is 17.2 Å². The highest BCUT2D eigenvalue weighted by Gasteiger charge is 2.14. The Morgan fingerprint density at radius 2 is 1.88 bits per heavy atom. The SMILES string of the molecule is COc1ccc(-c2nc(C(=O)Nc3csc(C)c3)cs2)cc1OC. The number of carbonyl (C=O) groups excluding carboxylic acids is 1. The summed E-state index contributed by atoms with van der Waals surface area (Å²) < 4.78 is 10.5. The number of rotatable bonds is 5. The number of hydrogen-bond donors (Lipinski definition) is 1. The third-order valence-electron chi connectivity index (χ3n) is 3.36. The maximum absolute atomic E-state index is 12.3. The number of benzene rings is 1. The average Bonchev–Trinajstić information content (AvgIpc) is 3.23. The van der Waals surface area contributed by atoms with Gasteiger partial charge in [-0.2, -0.15) is 0 Å². The monoisotopic (exact) mass is 360 g/mol. The van der Waals surface area contributed by atoms with Gasteiger partial charge in [-0.15, -0.1) is 22.7 Å². The maximum Gasteiger partial charge on any atom is 0.275 e. The second-order valence-electron chi connectivity index (χ2n) is 5.01. The Hall–Kier alpha value is -2.38. The number of ether oxygens (including phenoxy) is 2. The Morgan fingerprint density at radius 3 is 2.54 bits per heavy atom. The molecule has 3 aromatic rings. The van der Waals surface area contributed by atoms with Crippen molar-refractivity contribution in [3.8, 4) is 22.1 Å². The van der Waals surface area contributed by atoms with Crippen LogP contribution in [0.15, 0.2) is 35.0 Å². The summed E-state index contributed by atoms with van der Waals surface area (Å²) in [5.41, 5.74) is 2.07. The summed E-state index contributed by atoms with van der Waals surface area (Å²) in [6, 6.07) is 7.50. The summed E-state index contributed by atoms with van der Waals surface area (Å²) in [5, 5.41) is 7.27. The quantitative estimate of drug-likeness (QED) is 0.730. The van der Waals surface area contributed by atoms with Crippen molar-refractivity contribution < 1.29 is 14.3 Å². The molecular formula is C17H16N2O3S2. The standard InChI is InChI=1S/C17H16N2O3S2/c1-10-6-12(8-23-10)18-16(20)13-9-24-17(19-13)11-4-5-14(21-2)15(7-11)22-3/h4-9H,1-3H3,(H,18,20). The Morgan fingerprint density at radius 1 is 1.08 bits per heavy atom. The topological polar surface area (TPSA) is 60.5 Å². The second-order valence-corrected chi connectivity index (χ2v) is 6.98. The van der Waals surface area contributed by atoms with E-state index in [0.717, 1.165) is 21.1 Å². The molecule has 0 spiro atoms. The zero-order valence-electron chi connectivity index (χ0n) is 13.5. The van der Waals surface area contributed by atoms with Crippen LogP contribution in [0.4, 0.5) is 5.69 Å². The third-order valence-corrected chi connectivity index (χ3v) is 5.11. The van der Waals surface area contributed by atoms with Crippen LogP contribution >= 0.6 is 22.7 Å². The van der Waals surface area contributed by atoms with E-state index in [9.17, 15) is 4.79 Å². The van der Waals surface area contributed by atoms with E-state index in [2.05, 4.69) is 10.3 Å². The van der Waals surface area contributed by atoms with Crippen LogP contribution in [-0.4, -0.2) is 25.1 Å². The van der Waals surface area contributed by atoms with Crippen molar-refractivity contribution in [2.45, 2.75) is 6.92 Å². The molecule has 0 saturated carbocycles. The van der Waals surface area contributed by atoms with Crippen molar-refractivity contribution in [1.82, 2.24) is 4.98 Å². The van der Waals surface area contributed by atoms with Crippen LogP contribution in [0.1, 0.15) is 15.4 Å². The molecule has 1 N–H and O–H groups in total. The van der Waals surface area contributed by atoms with E-state index in [1.54, 1.807) is 30.9 Å². The van der Waals surface area contributed by atoms with Crippen LogP contribution in [0.5, 0.6) is 11.5 Å². The first-order valence-corrected chi connectivity index (χ1v) is 8.91. The molecule has 1 amide bonds. The molecule has 5 nitrogen and oxygen atoms in total. The van der Waals surface area contributed by atoms with Crippen LogP contribution in [0.25, 0.3) is 10.6 Å². The number of nitrogens with zero attached hydrogens (tertiary/aromatic N) is 1. The smallest absolute Gasteiger partial charge is 0.275 e. The van der Waals surface area contributed by atoms with Crippen molar-refractivity contribution in [2.75, 3.05) is 19.5 Å². The van der Waals surface area contributed by atoms with Crippen LogP contribution in [0, 0.1) is 6.92 Å². The zero-order valence-corrected chi connectivity index (χ0v) is 15.1. The third kappa shape index (κ3) is 3.42. The van der Waals surface area contributed by atoms with Gasteiger partial charge in [0, 0.05) is 21.2 Å². The van der Waals surface area contributed by atoms with E-state index >= 15 is 0 Å². The van der Waals surface area contributed by atoms with E-state index in [-0.39, 0.29) is 5.91 Å². The van der Waals surface area contributed by atoms with Crippen LogP contribution in [0.3, 0.4) is 0 Å². The van der Waals surface area contributed by atoms with Gasteiger partial charge in [0.05, 0.1) is 19.9 Å². The molecule has 0 radical (unpaired) electrons. The highest BCUT2D eigenvalue weighted by atomic mass is 32.1. The van der Waals surface area contributed by atoms with E-state index in [4.69, 9.17) is 9.47 Å². The summed E-state index contributed by atoms with van der Waals surface area (Å²) in [6.07, 6.45) is 0. The summed E-state index contributed by atoms with van der Waals surface area (Å²) >= 11 is 3.01. The van der Waals surface area contributed by atoms with Crippen molar-refractivity contribution >= 4 is 34.3 Å². The number of thiophene rings is 1. The van der Waals surface area contributed by atoms with E-state index in [1.165, 1.54) is 11.3 Å². The second kappa shape index (κ2) is 7.02. The molecule has 7 heteroatoms. The lowest BCUT2D eigenvalue weighted by Crippen LogP contribution is -2.11. The lowest BCUT2D eigenvalue weighted by Gasteiger charge is -2.08. The Kier molecular flexibility index (Phi) is 4.82. The summed E-state index contributed by atoms with van der Waals surface area (Å²) in [7, 11) is 3.18. The minimum atomic E-state index is -0.212. The van der Waals surface area contributed by atoms with Gasteiger partial charge in [-0.25, -0.2) is 4.98 Å². The van der Waals surface area contributed by atoms with Gasteiger partial charge in [0.1, 0.15) is 10.7 Å². The molecule has 124 valence electrons.